The van der Waals surface area contributed by atoms with Gasteiger partial charge in [-0.2, -0.15) is 0 Å². The molecular weight excluding hydrogens is 252 g/mol. The molecule has 3 heteroatoms. The molecule has 0 fully saturated rings. The molecule has 0 aliphatic heterocycles. The Morgan fingerprint density at radius 1 is 1.30 bits per heavy atom. The summed E-state index contributed by atoms with van der Waals surface area (Å²) in [6.45, 7) is 4.08. The number of carbonyl (C=O) groups excluding carboxylic acids is 2. The number of Topliss-reactive ketones (excluding diaryl/α,β-unsaturated/α-hetero) is 1. The van der Waals surface area contributed by atoms with Gasteiger partial charge >= 0.3 is 5.97 Å². The van der Waals surface area contributed by atoms with E-state index in [2.05, 4.69) is 0 Å². The summed E-state index contributed by atoms with van der Waals surface area (Å²) in [6.07, 6.45) is 3.17. The van der Waals surface area contributed by atoms with E-state index in [9.17, 15) is 9.59 Å². The molecule has 0 N–H and O–H groups in total. The number of ketones is 1. The highest BCUT2D eigenvalue weighted by molar-refractivity contribution is 6.18. The molecule has 20 heavy (non-hydrogen) atoms. The lowest BCUT2D eigenvalue weighted by atomic mass is 9.71. The maximum atomic E-state index is 12.4. The van der Waals surface area contributed by atoms with E-state index in [0.717, 1.165) is 12.0 Å². The van der Waals surface area contributed by atoms with Crippen LogP contribution < -0.4 is 0 Å². The number of carbonyl (C=O) groups is 2. The second kappa shape index (κ2) is 5.61. The van der Waals surface area contributed by atoms with E-state index >= 15 is 0 Å². The summed E-state index contributed by atoms with van der Waals surface area (Å²) in [4.78, 5) is 24.2. The number of allylic oxidation sites excluding steroid dienone is 1. The van der Waals surface area contributed by atoms with Crippen LogP contribution in [0.2, 0.25) is 0 Å². The molecule has 1 aromatic carbocycles. The molecule has 2 rings (SSSR count). The van der Waals surface area contributed by atoms with Gasteiger partial charge in [-0.15, -0.1) is 0 Å². The van der Waals surface area contributed by atoms with Crippen LogP contribution in [0.5, 0.6) is 0 Å². The van der Waals surface area contributed by atoms with Crippen molar-refractivity contribution in [3.05, 3.63) is 47.5 Å². The third-order valence-electron chi connectivity index (χ3n) is 3.67. The van der Waals surface area contributed by atoms with Gasteiger partial charge in [0.2, 0.25) is 0 Å². The Morgan fingerprint density at radius 3 is 2.55 bits per heavy atom. The highest BCUT2D eigenvalue weighted by Crippen LogP contribution is 2.36. The molecule has 1 aliphatic carbocycles. The van der Waals surface area contributed by atoms with Crippen molar-refractivity contribution in [3.63, 3.8) is 0 Å². The summed E-state index contributed by atoms with van der Waals surface area (Å²) in [7, 11) is 1.31. The fraction of sp³-hybridized carbons (Fsp3) is 0.412. The summed E-state index contributed by atoms with van der Waals surface area (Å²) in [5.41, 5.74) is 1.15. The van der Waals surface area contributed by atoms with Crippen molar-refractivity contribution in [2.75, 3.05) is 7.11 Å². The molecule has 1 atom stereocenters. The average Bonchev–Trinajstić information content (AvgIpc) is 2.42. The minimum Gasteiger partial charge on any atom is -0.465 e. The van der Waals surface area contributed by atoms with Crippen molar-refractivity contribution in [1.29, 1.82) is 0 Å². The minimum absolute atomic E-state index is 0.0972. The van der Waals surface area contributed by atoms with Gasteiger partial charge in [0.05, 0.1) is 12.7 Å². The summed E-state index contributed by atoms with van der Waals surface area (Å²) in [5, 5.41) is 0. The van der Waals surface area contributed by atoms with E-state index in [1.807, 2.05) is 44.2 Å². The first kappa shape index (κ1) is 14.5. The number of rotatable bonds is 3. The molecule has 0 saturated carbocycles. The van der Waals surface area contributed by atoms with Crippen LogP contribution in [0.15, 0.2) is 42.0 Å². The number of hydrogen-bond acceptors (Lipinski definition) is 3. The Balaban J connectivity index is 2.26. The van der Waals surface area contributed by atoms with Crippen molar-refractivity contribution in [3.8, 4) is 0 Å². The second-order valence-electron chi connectivity index (χ2n) is 5.99. The van der Waals surface area contributed by atoms with Crippen LogP contribution in [0.25, 0.3) is 0 Å². The van der Waals surface area contributed by atoms with Crippen molar-refractivity contribution < 1.29 is 14.3 Å². The van der Waals surface area contributed by atoms with Crippen LogP contribution >= 0.6 is 0 Å². The molecule has 1 aromatic rings. The van der Waals surface area contributed by atoms with Gasteiger partial charge in [-0.1, -0.05) is 50.3 Å². The first-order valence-electron chi connectivity index (χ1n) is 6.82. The van der Waals surface area contributed by atoms with E-state index in [1.54, 1.807) is 6.08 Å². The molecule has 0 spiro atoms. The van der Waals surface area contributed by atoms with Crippen LogP contribution in [0.4, 0.5) is 0 Å². The zero-order chi connectivity index (χ0) is 14.8. The summed E-state index contributed by atoms with van der Waals surface area (Å²) >= 11 is 0. The smallest absolute Gasteiger partial charge is 0.341 e. The van der Waals surface area contributed by atoms with Gasteiger partial charge in [0.15, 0.2) is 5.78 Å². The van der Waals surface area contributed by atoms with Crippen molar-refractivity contribution >= 4 is 11.8 Å². The van der Waals surface area contributed by atoms with Gasteiger partial charge in [-0.3, -0.25) is 4.79 Å². The van der Waals surface area contributed by atoms with Gasteiger partial charge in [0.25, 0.3) is 0 Å². The number of hydrogen-bond donors (Lipinski definition) is 0. The molecule has 106 valence electrons. The topological polar surface area (TPSA) is 43.4 Å². The monoisotopic (exact) mass is 272 g/mol. The number of benzene rings is 1. The first-order chi connectivity index (χ1) is 9.43. The Morgan fingerprint density at radius 2 is 1.95 bits per heavy atom. The third kappa shape index (κ3) is 3.16. The number of ether oxygens (including phenoxy) is 1. The standard InChI is InChI=1S/C17H20O3/c1-17(2)10-13(9-12-7-5-4-6-8-12)15(18)14(11-17)16(19)20-3/h4-8,11,13H,9-10H2,1-3H3. The van der Waals surface area contributed by atoms with Crippen LogP contribution in [0, 0.1) is 11.3 Å². The Labute approximate surface area is 119 Å². The molecule has 0 aromatic heterocycles. The molecule has 1 unspecified atom stereocenters. The van der Waals surface area contributed by atoms with Crippen LogP contribution in [-0.2, 0) is 20.7 Å². The zero-order valence-corrected chi connectivity index (χ0v) is 12.2. The predicted molar refractivity (Wildman–Crippen MR) is 77.1 cm³/mol. The Hall–Kier alpha value is -1.90. The summed E-state index contributed by atoms with van der Waals surface area (Å²) < 4.78 is 4.72. The minimum atomic E-state index is -0.527. The van der Waals surface area contributed by atoms with E-state index in [-0.39, 0.29) is 22.7 Å². The number of methoxy groups -OCH3 is 1. The zero-order valence-electron chi connectivity index (χ0n) is 12.2. The van der Waals surface area contributed by atoms with Gasteiger partial charge in [0, 0.05) is 5.92 Å². The fourth-order valence-corrected chi connectivity index (χ4v) is 2.80. The predicted octanol–water partition coefficient (Wildman–Crippen LogP) is 2.94. The molecular formula is C17H20O3. The molecule has 1 aliphatic rings. The first-order valence-corrected chi connectivity index (χ1v) is 6.82. The van der Waals surface area contributed by atoms with Gasteiger partial charge in [0.1, 0.15) is 0 Å². The summed E-state index contributed by atoms with van der Waals surface area (Å²) in [6, 6.07) is 9.90. The highest BCUT2D eigenvalue weighted by Gasteiger charge is 2.37. The van der Waals surface area contributed by atoms with Crippen molar-refractivity contribution in [2.45, 2.75) is 26.7 Å². The second-order valence-corrected chi connectivity index (χ2v) is 5.99. The SMILES string of the molecule is COC(=O)C1=CC(C)(C)CC(Cc2ccccc2)C1=O. The average molecular weight is 272 g/mol. The largest absolute Gasteiger partial charge is 0.465 e. The van der Waals surface area contributed by atoms with E-state index in [0.29, 0.717) is 6.42 Å². The molecule has 0 radical (unpaired) electrons. The number of esters is 1. The lowest BCUT2D eigenvalue weighted by Gasteiger charge is -2.32. The molecule has 0 bridgehead atoms. The maximum absolute atomic E-state index is 12.4. The van der Waals surface area contributed by atoms with Crippen molar-refractivity contribution in [2.24, 2.45) is 11.3 Å². The summed E-state index contributed by atoms with van der Waals surface area (Å²) in [5.74, 6) is -0.785. The van der Waals surface area contributed by atoms with Crippen LogP contribution in [0.3, 0.4) is 0 Å². The van der Waals surface area contributed by atoms with E-state index in [4.69, 9.17) is 4.74 Å². The molecule has 3 nitrogen and oxygen atoms in total. The Bertz CT molecular complexity index is 541. The van der Waals surface area contributed by atoms with Crippen molar-refractivity contribution in [1.82, 2.24) is 0 Å². The van der Waals surface area contributed by atoms with Crippen LogP contribution in [-0.4, -0.2) is 18.9 Å². The van der Waals surface area contributed by atoms with E-state index in [1.165, 1.54) is 7.11 Å². The molecule has 0 amide bonds. The van der Waals surface area contributed by atoms with Gasteiger partial charge in [-0.25, -0.2) is 4.79 Å². The highest BCUT2D eigenvalue weighted by atomic mass is 16.5. The molecule has 0 saturated heterocycles. The van der Waals surface area contributed by atoms with Gasteiger partial charge < -0.3 is 4.74 Å². The fourth-order valence-electron chi connectivity index (χ4n) is 2.80. The molecule has 0 heterocycles. The van der Waals surface area contributed by atoms with Crippen LogP contribution in [0.1, 0.15) is 25.8 Å². The van der Waals surface area contributed by atoms with Gasteiger partial charge in [-0.05, 0) is 23.8 Å². The maximum Gasteiger partial charge on any atom is 0.341 e. The normalized spacial score (nSPS) is 21.2. The lowest BCUT2D eigenvalue weighted by Crippen LogP contribution is -2.33. The Kier molecular flexibility index (Phi) is 4.07. The third-order valence-corrected chi connectivity index (χ3v) is 3.67. The lowest BCUT2D eigenvalue weighted by molar-refractivity contribution is -0.139. The van der Waals surface area contributed by atoms with E-state index < -0.39 is 5.97 Å². The quantitative estimate of drug-likeness (QED) is 0.627.